The van der Waals surface area contributed by atoms with Gasteiger partial charge >= 0.3 is 6.16 Å². The smallest absolute Gasteiger partial charge is 0.450 e. The first kappa shape index (κ1) is 12.5. The maximum atomic E-state index is 8.56. The van der Waals surface area contributed by atoms with Crippen LogP contribution in [0.1, 0.15) is 0 Å². The molecule has 0 aromatic rings. The molecule has 0 aliphatic rings. The normalized spacial score (nSPS) is 9.20. The van der Waals surface area contributed by atoms with Crippen molar-refractivity contribution in [3.63, 3.8) is 0 Å². The van der Waals surface area contributed by atoms with Crippen LogP contribution in [0, 0.1) is 0 Å². The predicted octanol–water partition coefficient (Wildman–Crippen LogP) is 2.76. The van der Waals surface area contributed by atoms with E-state index < -0.39 is 11.0 Å². The fourth-order valence-electron chi connectivity index (χ4n) is 0.0550. The SMILES string of the molecule is ClC=CC(Cl)Cl.O=C(O)O. The third-order valence-electron chi connectivity index (χ3n) is 0.218. The molecule has 0 rings (SSSR count). The summed E-state index contributed by atoms with van der Waals surface area (Å²) < 4.78 is 0. The first-order valence-corrected chi connectivity index (χ1v) is 3.28. The molecule has 2 N–H and O–H groups in total. The molecule has 0 aliphatic carbocycles. The van der Waals surface area contributed by atoms with Crippen LogP contribution >= 0.6 is 34.8 Å². The highest BCUT2D eigenvalue weighted by Crippen LogP contribution is 2.02. The molecule has 0 aromatic heterocycles. The van der Waals surface area contributed by atoms with Gasteiger partial charge in [-0.3, -0.25) is 0 Å². The maximum absolute atomic E-state index is 8.56. The number of hydrogen-bond acceptors (Lipinski definition) is 1. The van der Waals surface area contributed by atoms with Gasteiger partial charge in [0.25, 0.3) is 0 Å². The molecule has 0 radical (unpaired) electrons. The monoisotopic (exact) mass is 206 g/mol. The van der Waals surface area contributed by atoms with Crippen LogP contribution in [0.2, 0.25) is 0 Å². The average Bonchev–Trinajstić information content (AvgIpc) is 1.62. The lowest BCUT2D eigenvalue weighted by molar-refractivity contribution is 0.137. The van der Waals surface area contributed by atoms with E-state index in [2.05, 4.69) is 0 Å². The van der Waals surface area contributed by atoms with Crippen LogP contribution in [0.4, 0.5) is 4.79 Å². The van der Waals surface area contributed by atoms with Gasteiger partial charge in [0.2, 0.25) is 0 Å². The van der Waals surface area contributed by atoms with E-state index in [1.54, 1.807) is 0 Å². The van der Waals surface area contributed by atoms with Crippen LogP contribution in [0.15, 0.2) is 11.6 Å². The second-order valence-electron chi connectivity index (χ2n) is 0.935. The number of carbonyl (C=O) groups is 1. The van der Waals surface area contributed by atoms with Gasteiger partial charge in [-0.15, -0.1) is 23.2 Å². The molecular formula is C4H5Cl3O3. The molecular weight excluding hydrogens is 202 g/mol. The van der Waals surface area contributed by atoms with Gasteiger partial charge in [0.15, 0.2) is 0 Å². The Balaban J connectivity index is 0. The van der Waals surface area contributed by atoms with Crippen molar-refractivity contribution in [3.8, 4) is 0 Å². The van der Waals surface area contributed by atoms with Crippen molar-refractivity contribution in [3.05, 3.63) is 11.6 Å². The Hall–Kier alpha value is -0.120. The third kappa shape index (κ3) is 45.0. The van der Waals surface area contributed by atoms with Crippen molar-refractivity contribution in [1.29, 1.82) is 0 Å². The van der Waals surface area contributed by atoms with Crippen molar-refractivity contribution >= 4 is 41.0 Å². The van der Waals surface area contributed by atoms with E-state index in [0.29, 0.717) is 0 Å². The molecule has 0 saturated carbocycles. The second kappa shape index (κ2) is 8.88. The summed E-state index contributed by atoms with van der Waals surface area (Å²) in [5.41, 5.74) is 1.28. The van der Waals surface area contributed by atoms with E-state index in [4.69, 9.17) is 49.8 Å². The predicted molar refractivity (Wildman–Crippen MR) is 41.1 cm³/mol. The third-order valence-corrected chi connectivity index (χ3v) is 0.655. The lowest BCUT2D eigenvalue weighted by atomic mass is 10.8. The van der Waals surface area contributed by atoms with Crippen LogP contribution < -0.4 is 0 Å². The van der Waals surface area contributed by atoms with E-state index in [0.717, 1.165) is 0 Å². The zero-order valence-corrected chi connectivity index (χ0v) is 6.94. The van der Waals surface area contributed by atoms with Crippen LogP contribution in [0.5, 0.6) is 0 Å². The average molecular weight is 207 g/mol. The first-order valence-electron chi connectivity index (χ1n) is 1.97. The summed E-state index contributed by atoms with van der Waals surface area (Å²) in [5, 5.41) is 13.9. The second-order valence-corrected chi connectivity index (χ2v) is 2.35. The Labute approximate surface area is 72.8 Å². The van der Waals surface area contributed by atoms with Crippen LogP contribution in [-0.4, -0.2) is 21.2 Å². The van der Waals surface area contributed by atoms with Gasteiger partial charge in [0.05, 0.1) is 0 Å². The number of halogens is 3. The summed E-state index contributed by atoms with van der Waals surface area (Å²) >= 11 is 15.4. The van der Waals surface area contributed by atoms with Gasteiger partial charge in [0.1, 0.15) is 4.84 Å². The first-order chi connectivity index (χ1) is 4.50. The Kier molecular flexibility index (Phi) is 11.1. The molecule has 6 heteroatoms. The molecule has 0 heterocycles. The van der Waals surface area contributed by atoms with E-state index in [-0.39, 0.29) is 0 Å². The Bertz CT molecular complexity index is 108. The molecule has 0 amide bonds. The minimum absolute atomic E-state index is 0.470. The van der Waals surface area contributed by atoms with Crippen molar-refractivity contribution < 1.29 is 15.0 Å². The van der Waals surface area contributed by atoms with Gasteiger partial charge in [0, 0.05) is 5.54 Å². The van der Waals surface area contributed by atoms with Crippen LogP contribution in [0.3, 0.4) is 0 Å². The van der Waals surface area contributed by atoms with Crippen molar-refractivity contribution in [2.45, 2.75) is 4.84 Å². The number of carboxylic acid groups (broad SMARTS) is 2. The molecule has 60 valence electrons. The number of rotatable bonds is 1. The zero-order valence-electron chi connectivity index (χ0n) is 4.67. The molecule has 0 bridgehead atoms. The highest BCUT2D eigenvalue weighted by atomic mass is 35.5. The highest BCUT2D eigenvalue weighted by Gasteiger charge is 1.83. The molecule has 0 saturated heterocycles. The van der Waals surface area contributed by atoms with Gasteiger partial charge in [-0.2, -0.15) is 0 Å². The van der Waals surface area contributed by atoms with Crippen molar-refractivity contribution in [1.82, 2.24) is 0 Å². The topological polar surface area (TPSA) is 57.5 Å². The van der Waals surface area contributed by atoms with Crippen LogP contribution in [-0.2, 0) is 0 Å². The summed E-state index contributed by atoms with van der Waals surface area (Å²) in [4.78, 5) is 8.09. The lowest BCUT2D eigenvalue weighted by Crippen LogP contribution is -1.81. The molecule has 0 aliphatic heterocycles. The number of alkyl halides is 2. The number of allylic oxidation sites excluding steroid dienone is 1. The molecule has 3 nitrogen and oxygen atoms in total. The van der Waals surface area contributed by atoms with E-state index >= 15 is 0 Å². The largest absolute Gasteiger partial charge is 0.503 e. The molecule has 0 spiro atoms. The summed E-state index contributed by atoms with van der Waals surface area (Å²) in [6, 6.07) is 0. The number of hydrogen-bond donors (Lipinski definition) is 2. The summed E-state index contributed by atoms with van der Waals surface area (Å²) in [7, 11) is 0. The zero-order chi connectivity index (χ0) is 8.57. The van der Waals surface area contributed by atoms with E-state index in [9.17, 15) is 0 Å². The Morgan fingerprint density at radius 3 is 1.70 bits per heavy atom. The van der Waals surface area contributed by atoms with Gasteiger partial charge < -0.3 is 10.2 Å². The summed E-state index contributed by atoms with van der Waals surface area (Å²) in [5.74, 6) is 0. The van der Waals surface area contributed by atoms with E-state index in [1.807, 2.05) is 0 Å². The minimum atomic E-state index is -1.83. The fourth-order valence-corrected chi connectivity index (χ4v) is 0.495. The quantitative estimate of drug-likeness (QED) is 0.650. The summed E-state index contributed by atoms with van der Waals surface area (Å²) in [6.45, 7) is 0. The molecule has 0 aromatic carbocycles. The van der Waals surface area contributed by atoms with Crippen molar-refractivity contribution in [2.75, 3.05) is 0 Å². The molecule has 0 fully saturated rings. The molecule has 0 atom stereocenters. The molecule has 10 heavy (non-hydrogen) atoms. The van der Waals surface area contributed by atoms with E-state index in [1.165, 1.54) is 11.6 Å². The fraction of sp³-hybridized carbons (Fsp3) is 0.250. The Morgan fingerprint density at radius 2 is 1.70 bits per heavy atom. The molecule has 0 unspecified atom stereocenters. The van der Waals surface area contributed by atoms with Crippen LogP contribution in [0.25, 0.3) is 0 Å². The lowest BCUT2D eigenvalue weighted by Gasteiger charge is -1.80. The maximum Gasteiger partial charge on any atom is 0.503 e. The highest BCUT2D eigenvalue weighted by molar-refractivity contribution is 6.46. The van der Waals surface area contributed by atoms with Gasteiger partial charge in [-0.05, 0) is 6.08 Å². The van der Waals surface area contributed by atoms with Gasteiger partial charge in [-0.25, -0.2) is 4.79 Å². The Morgan fingerprint density at radius 1 is 1.40 bits per heavy atom. The van der Waals surface area contributed by atoms with Gasteiger partial charge in [-0.1, -0.05) is 11.6 Å². The standard InChI is InChI=1S/C3H3Cl3.CH2O3/c4-2-1-3(5)6;2-1(3)4/h1-3H;(H2,2,3,4). The summed E-state index contributed by atoms with van der Waals surface area (Å²) in [6.07, 6.45) is -0.370. The minimum Gasteiger partial charge on any atom is -0.450 e. The van der Waals surface area contributed by atoms with Crippen molar-refractivity contribution in [2.24, 2.45) is 0 Å².